The van der Waals surface area contributed by atoms with Crippen LogP contribution in [0.1, 0.15) is 56.1 Å². The van der Waals surface area contributed by atoms with E-state index in [9.17, 15) is 14.4 Å². The number of hydrogen-bond acceptors (Lipinski definition) is 3. The number of amides is 3. The highest BCUT2D eigenvalue weighted by Gasteiger charge is 2.61. The molecule has 0 unspecified atom stereocenters. The van der Waals surface area contributed by atoms with Crippen LogP contribution in [0.15, 0.2) is 18.2 Å². The van der Waals surface area contributed by atoms with Gasteiger partial charge in [0, 0.05) is 17.6 Å². The summed E-state index contributed by atoms with van der Waals surface area (Å²) in [6.07, 6.45) is 6.27. The minimum atomic E-state index is -0.0459. The molecule has 0 radical (unpaired) electrons. The van der Waals surface area contributed by atoms with E-state index in [4.69, 9.17) is 0 Å². The maximum absolute atomic E-state index is 13.0. The molecule has 4 aliphatic rings. The molecule has 3 aliphatic carbocycles. The van der Waals surface area contributed by atoms with Gasteiger partial charge in [0.05, 0.1) is 11.8 Å². The third-order valence-corrected chi connectivity index (χ3v) is 8.03. The van der Waals surface area contributed by atoms with Crippen molar-refractivity contribution in [1.29, 1.82) is 0 Å². The van der Waals surface area contributed by atoms with Gasteiger partial charge in [-0.2, -0.15) is 0 Å². The third-order valence-electron chi connectivity index (χ3n) is 8.03. The summed E-state index contributed by atoms with van der Waals surface area (Å²) in [7, 11) is 0. The highest BCUT2D eigenvalue weighted by molar-refractivity contribution is 6.06. The van der Waals surface area contributed by atoms with Crippen molar-refractivity contribution in [2.75, 3.05) is 5.32 Å². The number of likely N-dealkylation sites (tertiary alicyclic amines) is 1. The molecule has 3 amide bonds. The summed E-state index contributed by atoms with van der Waals surface area (Å²) in [5.41, 5.74) is 3.12. The van der Waals surface area contributed by atoms with E-state index >= 15 is 0 Å². The SMILES string of the molecule is Cc1ccc(NC(=O)C2CCC(N3C(=O)[C@@H]4[C@@H]5CC[C@@H](C5)[C@@H]4C3=O)CC2)c(C)c1. The first-order valence-corrected chi connectivity index (χ1v) is 11.2. The van der Waals surface area contributed by atoms with Gasteiger partial charge in [-0.1, -0.05) is 17.7 Å². The molecule has 5 heteroatoms. The summed E-state index contributed by atoms with van der Waals surface area (Å²) in [6.45, 7) is 4.05. The van der Waals surface area contributed by atoms with E-state index in [0.717, 1.165) is 56.2 Å². The molecule has 29 heavy (non-hydrogen) atoms. The second kappa shape index (κ2) is 6.96. The maximum atomic E-state index is 13.0. The van der Waals surface area contributed by atoms with E-state index in [2.05, 4.69) is 11.4 Å². The van der Waals surface area contributed by atoms with Crippen molar-refractivity contribution in [3.63, 3.8) is 0 Å². The van der Waals surface area contributed by atoms with Crippen LogP contribution in [0.2, 0.25) is 0 Å². The van der Waals surface area contributed by atoms with Crippen molar-refractivity contribution in [1.82, 2.24) is 4.90 Å². The van der Waals surface area contributed by atoms with Gasteiger partial charge in [0.1, 0.15) is 0 Å². The molecule has 3 saturated carbocycles. The van der Waals surface area contributed by atoms with Crippen molar-refractivity contribution in [2.45, 2.75) is 64.8 Å². The molecular formula is C24H30N2O3. The van der Waals surface area contributed by atoms with Gasteiger partial charge >= 0.3 is 0 Å². The van der Waals surface area contributed by atoms with Crippen LogP contribution < -0.4 is 5.32 Å². The number of carbonyl (C=O) groups excluding carboxylic acids is 3. The average Bonchev–Trinajstić information content (AvgIpc) is 3.38. The Morgan fingerprint density at radius 3 is 2.14 bits per heavy atom. The van der Waals surface area contributed by atoms with Crippen molar-refractivity contribution >= 4 is 23.4 Å². The van der Waals surface area contributed by atoms with Gasteiger partial charge in [-0.3, -0.25) is 19.3 Å². The number of rotatable bonds is 3. The van der Waals surface area contributed by atoms with Crippen LogP contribution in [0, 0.1) is 43.4 Å². The molecule has 0 aromatic heterocycles. The van der Waals surface area contributed by atoms with Crippen LogP contribution in [0.5, 0.6) is 0 Å². The van der Waals surface area contributed by atoms with E-state index < -0.39 is 0 Å². The Morgan fingerprint density at radius 2 is 1.55 bits per heavy atom. The smallest absolute Gasteiger partial charge is 0.233 e. The van der Waals surface area contributed by atoms with E-state index in [-0.39, 0.29) is 41.5 Å². The average molecular weight is 395 g/mol. The molecule has 1 saturated heterocycles. The van der Waals surface area contributed by atoms with Gasteiger partial charge in [0.25, 0.3) is 0 Å². The standard InChI is InChI=1S/C24H30N2O3/c1-13-3-10-19(14(2)11-13)25-22(27)15-6-8-18(9-7-15)26-23(28)20-16-4-5-17(12-16)21(20)24(26)29/h3,10-11,15-18,20-21H,4-9,12H2,1-2H3,(H,25,27)/t15?,16-,17+,18?,20-,21+. The lowest BCUT2D eigenvalue weighted by Crippen LogP contribution is -2.44. The van der Waals surface area contributed by atoms with E-state index in [1.54, 1.807) is 4.90 Å². The Labute approximate surface area is 172 Å². The molecule has 1 aromatic carbocycles. The van der Waals surface area contributed by atoms with Gasteiger partial charge in [0.15, 0.2) is 0 Å². The van der Waals surface area contributed by atoms with Gasteiger partial charge in [0.2, 0.25) is 17.7 Å². The highest BCUT2D eigenvalue weighted by atomic mass is 16.2. The minimum absolute atomic E-state index is 0.00911. The summed E-state index contributed by atoms with van der Waals surface area (Å²) < 4.78 is 0. The van der Waals surface area contributed by atoms with E-state index in [1.807, 2.05) is 26.0 Å². The molecule has 2 bridgehead atoms. The molecular weight excluding hydrogens is 364 g/mol. The molecule has 1 aliphatic heterocycles. The summed E-state index contributed by atoms with van der Waals surface area (Å²) in [6, 6.07) is 6.03. The second-order valence-corrected chi connectivity index (χ2v) is 9.74. The van der Waals surface area contributed by atoms with Gasteiger partial charge in [-0.05, 0) is 82.3 Å². The normalized spacial score (nSPS) is 35.9. The Hall–Kier alpha value is -2.17. The molecule has 5 rings (SSSR count). The van der Waals surface area contributed by atoms with Gasteiger partial charge in [-0.15, -0.1) is 0 Å². The number of carbonyl (C=O) groups is 3. The van der Waals surface area contributed by atoms with Gasteiger partial charge in [-0.25, -0.2) is 0 Å². The van der Waals surface area contributed by atoms with Crippen molar-refractivity contribution in [3.05, 3.63) is 29.3 Å². The summed E-state index contributed by atoms with van der Waals surface area (Å²) in [5.74, 6) is 1.00. The zero-order valence-corrected chi connectivity index (χ0v) is 17.3. The first kappa shape index (κ1) is 18.8. The third kappa shape index (κ3) is 3.01. The Morgan fingerprint density at radius 1 is 0.931 bits per heavy atom. The topological polar surface area (TPSA) is 66.5 Å². The number of nitrogens with one attached hydrogen (secondary N) is 1. The van der Waals surface area contributed by atoms with Crippen molar-refractivity contribution in [2.24, 2.45) is 29.6 Å². The van der Waals surface area contributed by atoms with Crippen LogP contribution >= 0.6 is 0 Å². The molecule has 5 nitrogen and oxygen atoms in total. The van der Waals surface area contributed by atoms with Crippen molar-refractivity contribution in [3.8, 4) is 0 Å². The zero-order chi connectivity index (χ0) is 20.3. The largest absolute Gasteiger partial charge is 0.326 e. The maximum Gasteiger partial charge on any atom is 0.233 e. The Bertz CT molecular complexity index is 843. The fourth-order valence-corrected chi connectivity index (χ4v) is 6.58. The number of benzene rings is 1. The van der Waals surface area contributed by atoms with Crippen LogP contribution in [-0.2, 0) is 14.4 Å². The molecule has 4 fully saturated rings. The van der Waals surface area contributed by atoms with Crippen LogP contribution in [0.3, 0.4) is 0 Å². The lowest BCUT2D eigenvalue weighted by atomic mass is 9.81. The number of nitrogens with zero attached hydrogens (tertiary/aromatic N) is 1. The van der Waals surface area contributed by atoms with Crippen LogP contribution in [0.25, 0.3) is 0 Å². The molecule has 1 N–H and O–H groups in total. The molecule has 154 valence electrons. The van der Waals surface area contributed by atoms with Crippen LogP contribution in [-0.4, -0.2) is 28.7 Å². The van der Waals surface area contributed by atoms with E-state index in [1.165, 1.54) is 5.56 Å². The first-order valence-electron chi connectivity index (χ1n) is 11.2. The predicted octanol–water partition coefficient (Wildman–Crippen LogP) is 3.83. The molecule has 4 atom stereocenters. The lowest BCUT2D eigenvalue weighted by molar-refractivity contribution is -0.144. The molecule has 1 heterocycles. The number of imide groups is 1. The number of fused-ring (bicyclic) bond motifs is 5. The monoisotopic (exact) mass is 394 g/mol. The lowest BCUT2D eigenvalue weighted by Gasteiger charge is -2.33. The summed E-state index contributed by atoms with van der Waals surface area (Å²) in [5, 5.41) is 3.07. The Balaban J connectivity index is 1.21. The van der Waals surface area contributed by atoms with Crippen molar-refractivity contribution < 1.29 is 14.4 Å². The molecule has 1 aromatic rings. The highest BCUT2D eigenvalue weighted by Crippen LogP contribution is 2.56. The fourth-order valence-electron chi connectivity index (χ4n) is 6.58. The quantitative estimate of drug-likeness (QED) is 0.793. The Kier molecular flexibility index (Phi) is 4.52. The first-order chi connectivity index (χ1) is 13.9. The predicted molar refractivity (Wildman–Crippen MR) is 110 cm³/mol. The summed E-state index contributed by atoms with van der Waals surface area (Å²) >= 11 is 0. The number of anilines is 1. The van der Waals surface area contributed by atoms with Gasteiger partial charge < -0.3 is 5.32 Å². The second-order valence-electron chi connectivity index (χ2n) is 9.74. The van der Waals surface area contributed by atoms with Crippen LogP contribution in [0.4, 0.5) is 5.69 Å². The molecule has 0 spiro atoms. The minimum Gasteiger partial charge on any atom is -0.326 e. The summed E-state index contributed by atoms with van der Waals surface area (Å²) in [4.78, 5) is 40.4. The fraction of sp³-hybridized carbons (Fsp3) is 0.625. The zero-order valence-electron chi connectivity index (χ0n) is 17.3. The number of hydrogen-bond donors (Lipinski definition) is 1. The number of aryl methyl sites for hydroxylation is 2. The van der Waals surface area contributed by atoms with E-state index in [0.29, 0.717) is 11.8 Å².